The van der Waals surface area contributed by atoms with Crippen molar-refractivity contribution < 1.29 is 13.9 Å². The van der Waals surface area contributed by atoms with Crippen LogP contribution in [0.4, 0.5) is 4.39 Å². The molecule has 5 heteroatoms. The number of rotatable bonds is 5. The Bertz CT molecular complexity index is 1130. The molecule has 0 aliphatic carbocycles. The van der Waals surface area contributed by atoms with E-state index in [0.717, 1.165) is 43.3 Å². The number of hydrogen-bond donors (Lipinski definition) is 0. The van der Waals surface area contributed by atoms with E-state index in [1.54, 1.807) is 6.07 Å². The molecule has 33 heavy (non-hydrogen) atoms. The number of fused-ring (bicyclic) bond motifs is 1. The monoisotopic (exact) mass is 446 g/mol. The summed E-state index contributed by atoms with van der Waals surface area (Å²) in [5.74, 6) is 0.391. The average molecular weight is 447 g/mol. The van der Waals surface area contributed by atoms with E-state index >= 15 is 0 Å². The van der Waals surface area contributed by atoms with E-state index in [-0.39, 0.29) is 11.7 Å². The molecule has 172 valence electrons. The van der Waals surface area contributed by atoms with Gasteiger partial charge in [-0.05, 0) is 79.8 Å². The topological polar surface area (TPSA) is 42.4 Å². The molecule has 2 aliphatic rings. The van der Waals surface area contributed by atoms with Gasteiger partial charge in [0.05, 0.1) is 10.9 Å². The van der Waals surface area contributed by atoms with Gasteiger partial charge in [-0.15, -0.1) is 0 Å². The SMILES string of the molecule is O=C(N1CCCC(Cc2ccc3ncccc3c2)C1)C1(Cc2ccccc2F)CCOCC1. The van der Waals surface area contributed by atoms with Crippen LogP contribution >= 0.6 is 0 Å². The van der Waals surface area contributed by atoms with Crippen LogP contribution < -0.4 is 0 Å². The van der Waals surface area contributed by atoms with Gasteiger partial charge in [-0.25, -0.2) is 4.39 Å². The highest BCUT2D eigenvalue weighted by molar-refractivity contribution is 5.83. The third-order valence-corrected chi connectivity index (χ3v) is 7.39. The molecule has 1 unspecified atom stereocenters. The maximum absolute atomic E-state index is 14.5. The van der Waals surface area contributed by atoms with Gasteiger partial charge in [0.1, 0.15) is 5.82 Å². The first-order chi connectivity index (χ1) is 16.1. The van der Waals surface area contributed by atoms with Crippen molar-refractivity contribution >= 4 is 16.8 Å². The number of ether oxygens (including phenoxy) is 1. The van der Waals surface area contributed by atoms with Gasteiger partial charge in [-0.1, -0.05) is 30.3 Å². The molecule has 0 N–H and O–H groups in total. The number of aromatic nitrogens is 1. The second-order valence-corrected chi connectivity index (χ2v) is 9.65. The normalized spacial score (nSPS) is 20.6. The van der Waals surface area contributed by atoms with Crippen molar-refractivity contribution in [2.75, 3.05) is 26.3 Å². The summed E-state index contributed by atoms with van der Waals surface area (Å²) in [5.41, 5.74) is 2.36. The van der Waals surface area contributed by atoms with Gasteiger partial charge in [0.25, 0.3) is 0 Å². The molecule has 2 fully saturated rings. The minimum Gasteiger partial charge on any atom is -0.381 e. The Balaban J connectivity index is 1.32. The van der Waals surface area contributed by atoms with Crippen LogP contribution in [0, 0.1) is 17.2 Å². The summed E-state index contributed by atoms with van der Waals surface area (Å²) in [6.07, 6.45) is 6.66. The molecule has 1 amide bonds. The second-order valence-electron chi connectivity index (χ2n) is 9.65. The Kier molecular flexibility index (Phi) is 6.41. The summed E-state index contributed by atoms with van der Waals surface area (Å²) in [5, 5.41) is 1.16. The number of carbonyl (C=O) groups excluding carboxylic acids is 1. The average Bonchev–Trinajstić information content (AvgIpc) is 2.86. The second kappa shape index (κ2) is 9.60. The lowest BCUT2D eigenvalue weighted by molar-refractivity contribution is -0.150. The number of benzene rings is 2. The quantitative estimate of drug-likeness (QED) is 0.541. The van der Waals surface area contributed by atoms with Crippen molar-refractivity contribution in [1.82, 2.24) is 9.88 Å². The fourth-order valence-electron chi connectivity index (χ4n) is 5.57. The molecule has 1 aromatic heterocycles. The van der Waals surface area contributed by atoms with Gasteiger partial charge in [-0.2, -0.15) is 0 Å². The van der Waals surface area contributed by atoms with Crippen molar-refractivity contribution in [3.63, 3.8) is 0 Å². The predicted octanol–water partition coefficient (Wildman–Crippen LogP) is 5.19. The van der Waals surface area contributed by atoms with Crippen LogP contribution in [0.25, 0.3) is 10.9 Å². The molecule has 2 aromatic carbocycles. The predicted molar refractivity (Wildman–Crippen MR) is 127 cm³/mol. The zero-order chi connectivity index (χ0) is 22.7. The van der Waals surface area contributed by atoms with Gasteiger partial charge >= 0.3 is 0 Å². The number of nitrogens with zero attached hydrogens (tertiary/aromatic N) is 2. The highest BCUT2D eigenvalue weighted by Gasteiger charge is 2.43. The largest absolute Gasteiger partial charge is 0.381 e. The smallest absolute Gasteiger partial charge is 0.229 e. The van der Waals surface area contributed by atoms with Crippen LogP contribution in [-0.4, -0.2) is 42.1 Å². The van der Waals surface area contributed by atoms with Crippen LogP contribution in [0.15, 0.2) is 60.8 Å². The third kappa shape index (κ3) is 4.79. The number of piperidine rings is 1. The molecular formula is C28H31FN2O2. The standard InChI is InChI=1S/C28H31FN2O2/c29-25-8-2-1-6-24(25)19-28(11-15-33-16-12-28)27(32)31-14-4-5-22(20-31)17-21-9-10-26-23(18-21)7-3-13-30-26/h1-3,6-10,13,18,22H,4-5,11-12,14-17,19-20H2. The highest BCUT2D eigenvalue weighted by Crippen LogP contribution is 2.38. The number of carbonyl (C=O) groups is 1. The Morgan fingerprint density at radius 1 is 1.12 bits per heavy atom. The van der Waals surface area contributed by atoms with Crippen molar-refractivity contribution in [3.8, 4) is 0 Å². The molecule has 5 rings (SSSR count). The fraction of sp³-hybridized carbons (Fsp3) is 0.429. The van der Waals surface area contributed by atoms with Crippen LogP contribution in [-0.2, 0) is 22.4 Å². The molecule has 0 saturated carbocycles. The third-order valence-electron chi connectivity index (χ3n) is 7.39. The first-order valence-corrected chi connectivity index (χ1v) is 12.1. The number of amides is 1. The summed E-state index contributed by atoms with van der Waals surface area (Å²) in [6, 6.07) is 17.4. The van der Waals surface area contributed by atoms with E-state index in [1.807, 2.05) is 24.4 Å². The highest BCUT2D eigenvalue weighted by atomic mass is 19.1. The van der Waals surface area contributed by atoms with Crippen LogP contribution in [0.2, 0.25) is 0 Å². The molecule has 4 nitrogen and oxygen atoms in total. The van der Waals surface area contributed by atoms with Crippen molar-refractivity contribution in [3.05, 3.63) is 77.7 Å². The lowest BCUT2D eigenvalue weighted by Crippen LogP contribution is -2.51. The lowest BCUT2D eigenvalue weighted by Gasteiger charge is -2.42. The molecule has 1 atom stereocenters. The minimum absolute atomic E-state index is 0.182. The summed E-state index contributed by atoms with van der Waals surface area (Å²) >= 11 is 0. The maximum Gasteiger partial charge on any atom is 0.229 e. The summed E-state index contributed by atoms with van der Waals surface area (Å²) in [7, 11) is 0. The zero-order valence-electron chi connectivity index (χ0n) is 19.0. The van der Waals surface area contributed by atoms with Gasteiger partial charge < -0.3 is 9.64 Å². The van der Waals surface area contributed by atoms with E-state index in [4.69, 9.17) is 4.74 Å². The molecule has 0 bridgehead atoms. The van der Waals surface area contributed by atoms with Gasteiger partial charge in [-0.3, -0.25) is 9.78 Å². The molecule has 2 aliphatic heterocycles. The van der Waals surface area contributed by atoms with Crippen molar-refractivity contribution in [1.29, 1.82) is 0 Å². The summed E-state index contributed by atoms with van der Waals surface area (Å²) < 4.78 is 20.1. The minimum atomic E-state index is -0.572. The number of halogens is 1. The molecule has 0 radical (unpaired) electrons. The molecule has 3 aromatic rings. The van der Waals surface area contributed by atoms with Crippen molar-refractivity contribution in [2.24, 2.45) is 11.3 Å². The molecule has 0 spiro atoms. The zero-order valence-corrected chi connectivity index (χ0v) is 19.0. The van der Waals surface area contributed by atoms with Crippen molar-refractivity contribution in [2.45, 2.75) is 38.5 Å². The number of hydrogen-bond acceptors (Lipinski definition) is 3. The van der Waals surface area contributed by atoms with E-state index in [9.17, 15) is 9.18 Å². The first kappa shape index (κ1) is 22.0. The van der Waals surface area contributed by atoms with E-state index in [1.165, 1.54) is 11.6 Å². The summed E-state index contributed by atoms with van der Waals surface area (Å²) in [4.78, 5) is 20.4. The van der Waals surface area contributed by atoms with Gasteiger partial charge in [0.2, 0.25) is 5.91 Å². The van der Waals surface area contributed by atoms with E-state index in [2.05, 4.69) is 34.1 Å². The first-order valence-electron chi connectivity index (χ1n) is 12.1. The van der Waals surface area contributed by atoms with E-state index in [0.29, 0.717) is 44.0 Å². The maximum atomic E-state index is 14.5. The van der Waals surface area contributed by atoms with E-state index < -0.39 is 5.41 Å². The Morgan fingerprint density at radius 2 is 1.97 bits per heavy atom. The Morgan fingerprint density at radius 3 is 2.82 bits per heavy atom. The lowest BCUT2D eigenvalue weighted by atomic mass is 9.73. The number of likely N-dealkylation sites (tertiary alicyclic amines) is 1. The Labute approximate surface area is 194 Å². The molecule has 3 heterocycles. The molecule has 2 saturated heterocycles. The fourth-order valence-corrected chi connectivity index (χ4v) is 5.57. The van der Waals surface area contributed by atoms with Crippen LogP contribution in [0.1, 0.15) is 36.8 Å². The molecular weight excluding hydrogens is 415 g/mol. The van der Waals surface area contributed by atoms with Gasteiger partial charge in [0.15, 0.2) is 0 Å². The van der Waals surface area contributed by atoms with Crippen LogP contribution in [0.3, 0.4) is 0 Å². The Hall–Kier alpha value is -2.79. The van der Waals surface area contributed by atoms with Crippen LogP contribution in [0.5, 0.6) is 0 Å². The van der Waals surface area contributed by atoms with Gasteiger partial charge in [0, 0.05) is 37.9 Å². The summed E-state index contributed by atoms with van der Waals surface area (Å²) in [6.45, 7) is 2.67. The number of pyridine rings is 1.